The fraction of sp³-hybridized carbons (Fsp3) is 0.471. The Morgan fingerprint density at radius 3 is 3.00 bits per heavy atom. The van der Waals surface area contributed by atoms with E-state index in [1.54, 1.807) is 22.9 Å². The van der Waals surface area contributed by atoms with Gasteiger partial charge in [0, 0.05) is 36.2 Å². The van der Waals surface area contributed by atoms with Crippen molar-refractivity contribution in [3.8, 4) is 0 Å². The molecule has 1 fully saturated rings. The van der Waals surface area contributed by atoms with Crippen LogP contribution in [0.4, 0.5) is 0 Å². The molecule has 2 heterocycles. The molecule has 2 amide bonds. The fourth-order valence-electron chi connectivity index (χ4n) is 2.46. The number of thioether (sulfide) groups is 1. The van der Waals surface area contributed by atoms with E-state index in [-0.39, 0.29) is 17.9 Å². The van der Waals surface area contributed by atoms with Gasteiger partial charge in [0.25, 0.3) is 5.91 Å². The van der Waals surface area contributed by atoms with Gasteiger partial charge in [-0.3, -0.25) is 14.6 Å². The van der Waals surface area contributed by atoms with Gasteiger partial charge >= 0.3 is 0 Å². The molecule has 0 unspecified atom stereocenters. The average molecular weight is 333 g/mol. The molecule has 1 aliphatic heterocycles. The van der Waals surface area contributed by atoms with Crippen LogP contribution in [0.15, 0.2) is 36.0 Å². The molecule has 1 aliphatic rings. The van der Waals surface area contributed by atoms with Crippen molar-refractivity contribution in [2.75, 3.05) is 18.2 Å². The van der Waals surface area contributed by atoms with E-state index in [0.717, 1.165) is 12.1 Å². The van der Waals surface area contributed by atoms with Crippen molar-refractivity contribution in [1.29, 1.82) is 0 Å². The van der Waals surface area contributed by atoms with Crippen LogP contribution in [-0.4, -0.2) is 45.9 Å². The summed E-state index contributed by atoms with van der Waals surface area (Å²) in [6.45, 7) is 4.34. The quantitative estimate of drug-likeness (QED) is 0.809. The third-order valence-corrected chi connectivity index (χ3v) is 4.71. The lowest BCUT2D eigenvalue weighted by atomic mass is 10.2. The molecule has 1 aromatic heterocycles. The van der Waals surface area contributed by atoms with Gasteiger partial charge < -0.3 is 10.2 Å². The molecule has 0 aromatic carbocycles. The highest BCUT2D eigenvalue weighted by molar-refractivity contribution is 7.99. The number of pyridine rings is 1. The SMILES string of the molecule is CC/C=C(\C)C(=O)N1CSC[C@@H]1C(=O)NCCc1ccccn1. The summed E-state index contributed by atoms with van der Waals surface area (Å²) in [7, 11) is 0. The first-order chi connectivity index (χ1) is 11.1. The Morgan fingerprint density at radius 2 is 2.30 bits per heavy atom. The molecule has 0 bridgehead atoms. The maximum atomic E-state index is 12.4. The molecular weight excluding hydrogens is 310 g/mol. The zero-order valence-electron chi connectivity index (χ0n) is 13.6. The van der Waals surface area contributed by atoms with Crippen molar-refractivity contribution in [2.24, 2.45) is 0 Å². The van der Waals surface area contributed by atoms with Crippen molar-refractivity contribution in [3.63, 3.8) is 0 Å². The van der Waals surface area contributed by atoms with Gasteiger partial charge in [-0.2, -0.15) is 0 Å². The number of amides is 2. The Hall–Kier alpha value is -1.82. The first-order valence-electron chi connectivity index (χ1n) is 7.86. The van der Waals surface area contributed by atoms with Crippen LogP contribution in [0.25, 0.3) is 0 Å². The number of hydrogen-bond donors (Lipinski definition) is 1. The van der Waals surface area contributed by atoms with Crippen LogP contribution in [0.1, 0.15) is 26.0 Å². The lowest BCUT2D eigenvalue weighted by Gasteiger charge is -2.23. The van der Waals surface area contributed by atoms with E-state index < -0.39 is 0 Å². The van der Waals surface area contributed by atoms with Gasteiger partial charge in [-0.1, -0.05) is 19.1 Å². The smallest absolute Gasteiger partial charge is 0.250 e. The monoisotopic (exact) mass is 333 g/mol. The van der Waals surface area contributed by atoms with E-state index in [4.69, 9.17) is 0 Å². The molecule has 0 radical (unpaired) electrons. The molecule has 1 atom stereocenters. The second-order valence-electron chi connectivity index (χ2n) is 5.45. The number of carbonyl (C=O) groups excluding carboxylic acids is 2. The van der Waals surface area contributed by atoms with Crippen molar-refractivity contribution in [3.05, 3.63) is 41.7 Å². The van der Waals surface area contributed by atoms with Gasteiger partial charge in [0.15, 0.2) is 0 Å². The van der Waals surface area contributed by atoms with Gasteiger partial charge in [0.05, 0.1) is 5.88 Å². The highest BCUT2D eigenvalue weighted by Crippen LogP contribution is 2.23. The molecule has 1 aromatic rings. The van der Waals surface area contributed by atoms with E-state index in [1.807, 2.05) is 38.1 Å². The van der Waals surface area contributed by atoms with E-state index in [2.05, 4.69) is 10.3 Å². The molecule has 0 spiro atoms. The minimum atomic E-state index is -0.378. The largest absolute Gasteiger partial charge is 0.354 e. The van der Waals surface area contributed by atoms with Crippen molar-refractivity contribution >= 4 is 23.6 Å². The van der Waals surface area contributed by atoms with E-state index in [9.17, 15) is 9.59 Å². The van der Waals surface area contributed by atoms with Crippen LogP contribution in [0.3, 0.4) is 0 Å². The Labute approximate surface area is 141 Å². The highest BCUT2D eigenvalue weighted by Gasteiger charge is 2.34. The summed E-state index contributed by atoms with van der Waals surface area (Å²) in [5, 5.41) is 2.92. The molecule has 0 saturated carbocycles. The van der Waals surface area contributed by atoms with Crippen molar-refractivity contribution < 1.29 is 9.59 Å². The number of nitrogens with zero attached hydrogens (tertiary/aromatic N) is 2. The minimum absolute atomic E-state index is 0.0401. The van der Waals surface area contributed by atoms with Crippen LogP contribution in [0, 0.1) is 0 Å². The summed E-state index contributed by atoms with van der Waals surface area (Å²) in [4.78, 5) is 30.7. The molecule has 1 N–H and O–H groups in total. The van der Waals surface area contributed by atoms with Crippen LogP contribution < -0.4 is 5.32 Å². The number of allylic oxidation sites excluding steroid dienone is 1. The molecular formula is C17H23N3O2S. The zero-order chi connectivity index (χ0) is 16.7. The summed E-state index contributed by atoms with van der Waals surface area (Å²) < 4.78 is 0. The first-order valence-corrected chi connectivity index (χ1v) is 9.02. The second kappa shape index (κ2) is 8.72. The van der Waals surface area contributed by atoms with Gasteiger partial charge in [-0.05, 0) is 25.5 Å². The lowest BCUT2D eigenvalue weighted by Crippen LogP contribution is -2.47. The zero-order valence-corrected chi connectivity index (χ0v) is 14.4. The molecule has 0 aliphatic carbocycles. The van der Waals surface area contributed by atoms with Gasteiger partial charge in [0.1, 0.15) is 6.04 Å². The number of rotatable bonds is 6. The molecule has 2 rings (SSSR count). The number of carbonyl (C=O) groups is 2. The second-order valence-corrected chi connectivity index (χ2v) is 6.45. The van der Waals surface area contributed by atoms with Gasteiger partial charge in [-0.25, -0.2) is 0 Å². The molecule has 6 heteroatoms. The maximum absolute atomic E-state index is 12.4. The summed E-state index contributed by atoms with van der Waals surface area (Å²) in [5.74, 6) is 1.11. The lowest BCUT2D eigenvalue weighted by molar-refractivity contribution is -0.135. The van der Waals surface area contributed by atoms with E-state index in [0.29, 0.717) is 30.2 Å². The predicted molar refractivity (Wildman–Crippen MR) is 93.0 cm³/mol. The topological polar surface area (TPSA) is 62.3 Å². The summed E-state index contributed by atoms with van der Waals surface area (Å²) in [6, 6.07) is 5.36. The van der Waals surface area contributed by atoms with Crippen molar-refractivity contribution in [2.45, 2.75) is 32.7 Å². The predicted octanol–water partition coefficient (Wildman–Crippen LogP) is 2.00. The van der Waals surface area contributed by atoms with Crippen LogP contribution >= 0.6 is 11.8 Å². The number of nitrogens with one attached hydrogen (secondary N) is 1. The van der Waals surface area contributed by atoms with Crippen LogP contribution in [-0.2, 0) is 16.0 Å². The first kappa shape index (κ1) is 17.5. The summed E-state index contributed by atoms with van der Waals surface area (Å²) in [5.41, 5.74) is 1.66. The minimum Gasteiger partial charge on any atom is -0.354 e. The standard InChI is InChI=1S/C17H23N3O2S/c1-3-6-13(2)17(22)20-12-23-11-15(20)16(21)19-10-8-14-7-4-5-9-18-14/h4-7,9,15H,3,8,10-12H2,1-2H3,(H,19,21)/b13-6+/t15-/m1/s1. The summed E-state index contributed by atoms with van der Waals surface area (Å²) >= 11 is 1.62. The van der Waals surface area contributed by atoms with E-state index in [1.165, 1.54) is 0 Å². The summed E-state index contributed by atoms with van der Waals surface area (Å²) in [6.07, 6.45) is 5.16. The van der Waals surface area contributed by atoms with E-state index >= 15 is 0 Å². The third-order valence-electron chi connectivity index (χ3n) is 3.70. The van der Waals surface area contributed by atoms with Gasteiger partial charge in [0.2, 0.25) is 5.91 Å². The fourth-order valence-corrected chi connectivity index (χ4v) is 3.61. The molecule has 23 heavy (non-hydrogen) atoms. The number of aromatic nitrogens is 1. The maximum Gasteiger partial charge on any atom is 0.250 e. The van der Waals surface area contributed by atoms with Gasteiger partial charge in [-0.15, -0.1) is 11.8 Å². The Bertz CT molecular complexity index is 574. The normalized spacial score (nSPS) is 18.1. The highest BCUT2D eigenvalue weighted by atomic mass is 32.2. The Kier molecular flexibility index (Phi) is 6.65. The molecule has 5 nitrogen and oxygen atoms in total. The Morgan fingerprint density at radius 1 is 1.48 bits per heavy atom. The molecule has 124 valence electrons. The third kappa shape index (κ3) is 4.82. The van der Waals surface area contributed by atoms with Crippen LogP contribution in [0.5, 0.6) is 0 Å². The molecule has 1 saturated heterocycles. The number of hydrogen-bond acceptors (Lipinski definition) is 4. The van der Waals surface area contributed by atoms with Crippen molar-refractivity contribution in [1.82, 2.24) is 15.2 Å². The van der Waals surface area contributed by atoms with Crippen LogP contribution in [0.2, 0.25) is 0 Å². The average Bonchev–Trinajstić information content (AvgIpc) is 3.05. The Balaban J connectivity index is 1.88.